The van der Waals surface area contributed by atoms with Crippen LogP contribution in [0.1, 0.15) is 90.8 Å². The van der Waals surface area contributed by atoms with E-state index >= 15 is 0 Å². The van der Waals surface area contributed by atoms with Crippen LogP contribution in [0.25, 0.3) is 0 Å². The number of rotatable bonds is 6. The SMILES string of the molecule is CCC(C)c1nc2c(s1)CCCC2Nc1nc(C2CC2)nc(Cl)c1CO. The van der Waals surface area contributed by atoms with E-state index in [-0.39, 0.29) is 12.6 Å². The van der Waals surface area contributed by atoms with Crippen LogP contribution in [0.3, 0.4) is 0 Å². The number of hydrogen-bond acceptors (Lipinski definition) is 6. The van der Waals surface area contributed by atoms with Crippen molar-refractivity contribution in [2.45, 2.75) is 76.9 Å². The lowest BCUT2D eigenvalue weighted by atomic mass is 9.97. The van der Waals surface area contributed by atoms with Gasteiger partial charge in [0.1, 0.15) is 16.8 Å². The van der Waals surface area contributed by atoms with Gasteiger partial charge in [-0.05, 0) is 38.5 Å². The molecule has 26 heavy (non-hydrogen) atoms. The Hall–Kier alpha value is -1.24. The van der Waals surface area contributed by atoms with Crippen LogP contribution in [-0.2, 0) is 13.0 Å². The molecule has 0 aromatic carbocycles. The first kappa shape index (κ1) is 18.1. The van der Waals surface area contributed by atoms with E-state index in [9.17, 15) is 5.11 Å². The zero-order valence-corrected chi connectivity index (χ0v) is 16.8. The van der Waals surface area contributed by atoms with E-state index in [4.69, 9.17) is 21.6 Å². The number of aryl methyl sites for hydroxylation is 1. The van der Waals surface area contributed by atoms with Gasteiger partial charge < -0.3 is 10.4 Å². The summed E-state index contributed by atoms with van der Waals surface area (Å²) < 4.78 is 0. The highest BCUT2D eigenvalue weighted by atomic mass is 35.5. The van der Waals surface area contributed by atoms with Crippen LogP contribution in [0, 0.1) is 0 Å². The van der Waals surface area contributed by atoms with Crippen LogP contribution in [0.4, 0.5) is 5.82 Å². The van der Waals surface area contributed by atoms with Crippen molar-refractivity contribution < 1.29 is 5.11 Å². The second kappa shape index (κ2) is 7.41. The van der Waals surface area contributed by atoms with Crippen LogP contribution in [0.15, 0.2) is 0 Å². The smallest absolute Gasteiger partial charge is 0.140 e. The van der Waals surface area contributed by atoms with E-state index in [1.165, 1.54) is 9.88 Å². The second-order valence-corrected chi connectivity index (χ2v) is 8.86. The normalized spacial score (nSPS) is 20.7. The number of aliphatic hydroxyl groups is 1. The Morgan fingerprint density at radius 3 is 2.77 bits per heavy atom. The minimum atomic E-state index is -0.166. The third kappa shape index (κ3) is 3.47. The molecule has 7 heteroatoms. The second-order valence-electron chi connectivity index (χ2n) is 7.39. The van der Waals surface area contributed by atoms with Crippen molar-refractivity contribution in [2.24, 2.45) is 0 Å². The molecule has 2 aliphatic carbocycles. The Balaban J connectivity index is 1.65. The number of aliphatic hydroxyl groups excluding tert-OH is 1. The number of nitrogens with zero attached hydrogens (tertiary/aromatic N) is 3. The number of thiazole rings is 1. The average Bonchev–Trinajstić information content (AvgIpc) is 3.39. The topological polar surface area (TPSA) is 70.9 Å². The lowest BCUT2D eigenvalue weighted by Crippen LogP contribution is -2.19. The molecule has 0 aliphatic heterocycles. The van der Waals surface area contributed by atoms with Gasteiger partial charge in [0.2, 0.25) is 0 Å². The largest absolute Gasteiger partial charge is 0.391 e. The molecule has 1 fully saturated rings. The van der Waals surface area contributed by atoms with Crippen LogP contribution in [0.2, 0.25) is 5.15 Å². The lowest BCUT2D eigenvalue weighted by molar-refractivity contribution is 0.281. The summed E-state index contributed by atoms with van der Waals surface area (Å²) >= 11 is 8.18. The van der Waals surface area contributed by atoms with Crippen molar-refractivity contribution in [1.29, 1.82) is 0 Å². The Morgan fingerprint density at radius 2 is 2.08 bits per heavy atom. The molecule has 2 unspecified atom stereocenters. The van der Waals surface area contributed by atoms with Gasteiger partial charge >= 0.3 is 0 Å². The first-order valence-electron chi connectivity index (χ1n) is 9.53. The first-order valence-corrected chi connectivity index (χ1v) is 10.7. The molecule has 1 saturated carbocycles. The minimum absolute atomic E-state index is 0.121. The van der Waals surface area contributed by atoms with Crippen molar-refractivity contribution in [3.05, 3.63) is 32.1 Å². The monoisotopic (exact) mass is 392 g/mol. The maximum absolute atomic E-state index is 9.76. The number of aromatic nitrogens is 3. The number of halogens is 1. The zero-order chi connectivity index (χ0) is 18.3. The fourth-order valence-electron chi connectivity index (χ4n) is 3.38. The summed E-state index contributed by atoms with van der Waals surface area (Å²) in [6.07, 6.45) is 6.59. The Labute approximate surface area is 163 Å². The predicted octanol–water partition coefficient (Wildman–Crippen LogP) is 4.96. The number of hydrogen-bond donors (Lipinski definition) is 2. The van der Waals surface area contributed by atoms with Crippen molar-refractivity contribution in [2.75, 3.05) is 5.32 Å². The molecule has 0 spiro atoms. The third-order valence-corrected chi connectivity index (χ3v) is 7.07. The van der Waals surface area contributed by atoms with Gasteiger partial charge in [0.15, 0.2) is 0 Å². The van der Waals surface area contributed by atoms with Gasteiger partial charge in [0.25, 0.3) is 0 Å². The van der Waals surface area contributed by atoms with Crippen LogP contribution in [-0.4, -0.2) is 20.1 Å². The summed E-state index contributed by atoms with van der Waals surface area (Å²) in [6.45, 7) is 4.28. The molecule has 2 N–H and O–H groups in total. The van der Waals surface area contributed by atoms with Gasteiger partial charge in [0.05, 0.1) is 28.9 Å². The van der Waals surface area contributed by atoms with E-state index in [1.807, 2.05) is 11.3 Å². The van der Waals surface area contributed by atoms with E-state index in [1.54, 1.807) is 0 Å². The highest BCUT2D eigenvalue weighted by Crippen LogP contribution is 2.41. The molecule has 2 atom stereocenters. The summed E-state index contributed by atoms with van der Waals surface area (Å²) in [6, 6.07) is 0.121. The number of anilines is 1. The molecule has 2 aromatic rings. The van der Waals surface area contributed by atoms with Crippen molar-refractivity contribution >= 4 is 28.8 Å². The van der Waals surface area contributed by atoms with E-state index in [0.29, 0.717) is 28.4 Å². The standard InChI is InChI=1S/C19H25ClN4OS/c1-3-10(2)19-22-15-13(5-4-6-14(15)26-19)21-18-12(9-25)16(20)23-17(24-18)11-7-8-11/h10-11,13,25H,3-9H2,1-2H3,(H,21,23,24). The molecule has 0 bridgehead atoms. The summed E-state index contributed by atoms with van der Waals surface area (Å²) in [5.74, 6) is 2.38. The first-order chi connectivity index (χ1) is 12.6. The highest BCUT2D eigenvalue weighted by Gasteiger charge is 2.30. The Kier molecular flexibility index (Phi) is 5.17. The van der Waals surface area contributed by atoms with Gasteiger partial charge in [-0.25, -0.2) is 15.0 Å². The van der Waals surface area contributed by atoms with E-state index in [2.05, 4.69) is 24.1 Å². The lowest BCUT2D eigenvalue weighted by Gasteiger charge is -2.24. The molecule has 0 radical (unpaired) electrons. The van der Waals surface area contributed by atoms with Gasteiger partial charge in [-0.15, -0.1) is 11.3 Å². The Bertz CT molecular complexity index is 805. The minimum Gasteiger partial charge on any atom is -0.391 e. The summed E-state index contributed by atoms with van der Waals surface area (Å²) in [5.41, 5.74) is 1.74. The quantitative estimate of drug-likeness (QED) is 0.680. The van der Waals surface area contributed by atoms with E-state index < -0.39 is 0 Å². The van der Waals surface area contributed by atoms with Gasteiger partial charge in [-0.3, -0.25) is 0 Å². The molecular weight excluding hydrogens is 368 g/mol. The van der Waals surface area contributed by atoms with Crippen LogP contribution < -0.4 is 5.32 Å². The third-order valence-electron chi connectivity index (χ3n) is 5.39. The van der Waals surface area contributed by atoms with Crippen molar-refractivity contribution in [3.63, 3.8) is 0 Å². The maximum Gasteiger partial charge on any atom is 0.140 e. The number of nitrogens with one attached hydrogen (secondary N) is 1. The summed E-state index contributed by atoms with van der Waals surface area (Å²) in [4.78, 5) is 15.4. The van der Waals surface area contributed by atoms with E-state index in [0.717, 1.165) is 50.0 Å². The fourth-order valence-corrected chi connectivity index (χ4v) is 4.92. The van der Waals surface area contributed by atoms with Gasteiger partial charge in [-0.2, -0.15) is 0 Å². The molecule has 2 aromatic heterocycles. The van der Waals surface area contributed by atoms with Gasteiger partial charge in [-0.1, -0.05) is 25.4 Å². The van der Waals surface area contributed by atoms with Crippen LogP contribution in [0.5, 0.6) is 0 Å². The fraction of sp³-hybridized carbons (Fsp3) is 0.632. The summed E-state index contributed by atoms with van der Waals surface area (Å²) in [7, 11) is 0. The molecule has 2 aliphatic rings. The molecule has 4 rings (SSSR count). The molecule has 140 valence electrons. The molecule has 0 saturated heterocycles. The zero-order valence-electron chi connectivity index (χ0n) is 15.3. The molecule has 0 amide bonds. The predicted molar refractivity (Wildman–Crippen MR) is 105 cm³/mol. The summed E-state index contributed by atoms with van der Waals surface area (Å²) in [5, 5.41) is 14.9. The van der Waals surface area contributed by atoms with Crippen molar-refractivity contribution in [1.82, 2.24) is 15.0 Å². The number of fused-ring (bicyclic) bond motifs is 1. The van der Waals surface area contributed by atoms with Crippen LogP contribution >= 0.6 is 22.9 Å². The highest BCUT2D eigenvalue weighted by molar-refractivity contribution is 7.11. The Morgan fingerprint density at radius 1 is 1.27 bits per heavy atom. The average molecular weight is 393 g/mol. The van der Waals surface area contributed by atoms with Crippen molar-refractivity contribution in [3.8, 4) is 0 Å². The molecular formula is C19H25ClN4OS. The molecule has 5 nitrogen and oxygen atoms in total. The molecule has 2 heterocycles. The maximum atomic E-state index is 9.76. The van der Waals surface area contributed by atoms with Gasteiger partial charge in [0, 0.05) is 16.7 Å².